The average molecular weight is 277 g/mol. The molecule has 0 fully saturated rings. The van der Waals surface area contributed by atoms with Gasteiger partial charge < -0.3 is 4.74 Å². The summed E-state index contributed by atoms with van der Waals surface area (Å²) < 4.78 is 18.9. The van der Waals surface area contributed by atoms with Crippen molar-refractivity contribution in [2.24, 2.45) is 0 Å². The third-order valence-electron chi connectivity index (χ3n) is 3.13. The van der Waals surface area contributed by atoms with E-state index in [-0.39, 0.29) is 12.2 Å². The zero-order valence-corrected chi connectivity index (χ0v) is 10.7. The number of carbonyl (C=O) groups is 1. The van der Waals surface area contributed by atoms with Gasteiger partial charge in [-0.1, -0.05) is 29.8 Å². The lowest BCUT2D eigenvalue weighted by atomic mass is 9.96. The number of hydrogen-bond donors (Lipinski definition) is 0. The van der Waals surface area contributed by atoms with Crippen molar-refractivity contribution in [1.29, 1.82) is 0 Å². The minimum absolute atomic E-state index is 0.134. The van der Waals surface area contributed by atoms with Crippen LogP contribution >= 0.6 is 11.6 Å². The predicted molar refractivity (Wildman–Crippen MR) is 70.2 cm³/mol. The Balaban J connectivity index is 2.00. The maximum atomic E-state index is 13.1. The maximum Gasteiger partial charge on any atom is 0.170 e. The fraction of sp³-hybridized carbons (Fsp3) is 0.133. The molecular weight excluding hydrogens is 267 g/mol. The number of benzene rings is 2. The molecule has 4 heteroatoms. The van der Waals surface area contributed by atoms with Gasteiger partial charge in [-0.2, -0.15) is 0 Å². The number of fused-ring (bicyclic) bond motifs is 1. The molecule has 19 heavy (non-hydrogen) atoms. The van der Waals surface area contributed by atoms with Gasteiger partial charge in [0.1, 0.15) is 17.7 Å². The van der Waals surface area contributed by atoms with Gasteiger partial charge in [0.05, 0.1) is 12.0 Å². The maximum absolute atomic E-state index is 13.1. The molecule has 0 N–H and O–H groups in total. The summed E-state index contributed by atoms with van der Waals surface area (Å²) in [7, 11) is 0. The lowest BCUT2D eigenvalue weighted by Crippen LogP contribution is -2.20. The molecule has 0 aliphatic carbocycles. The molecule has 2 aromatic rings. The molecule has 0 amide bonds. The Labute approximate surface area is 114 Å². The Morgan fingerprint density at radius 1 is 1.21 bits per heavy atom. The summed E-state index contributed by atoms with van der Waals surface area (Å²) in [6.45, 7) is 0. The summed E-state index contributed by atoms with van der Waals surface area (Å²) >= 11 is 6.11. The zero-order chi connectivity index (χ0) is 13.4. The summed E-state index contributed by atoms with van der Waals surface area (Å²) in [5, 5.41) is 0.561. The summed E-state index contributed by atoms with van der Waals surface area (Å²) in [6, 6.07) is 11.2. The summed E-state index contributed by atoms with van der Waals surface area (Å²) in [5.74, 6) is -0.167. The van der Waals surface area contributed by atoms with Crippen molar-refractivity contribution < 1.29 is 13.9 Å². The molecule has 2 nitrogen and oxygen atoms in total. The highest BCUT2D eigenvalue weighted by Gasteiger charge is 2.29. The van der Waals surface area contributed by atoms with Crippen LogP contribution in [0, 0.1) is 5.82 Å². The topological polar surface area (TPSA) is 26.3 Å². The Bertz CT molecular complexity index is 654. The van der Waals surface area contributed by atoms with E-state index in [0.29, 0.717) is 16.3 Å². The quantitative estimate of drug-likeness (QED) is 0.781. The van der Waals surface area contributed by atoms with Gasteiger partial charge in [-0.3, -0.25) is 4.79 Å². The molecule has 0 radical (unpaired) electrons. The largest absolute Gasteiger partial charge is 0.484 e. The molecule has 0 saturated carbocycles. The van der Waals surface area contributed by atoms with Crippen molar-refractivity contribution in [1.82, 2.24) is 0 Å². The van der Waals surface area contributed by atoms with Gasteiger partial charge in [0.2, 0.25) is 0 Å². The molecule has 1 unspecified atom stereocenters. The van der Waals surface area contributed by atoms with Gasteiger partial charge in [0, 0.05) is 10.6 Å². The number of rotatable bonds is 1. The number of halogens is 2. The highest BCUT2D eigenvalue weighted by Crippen LogP contribution is 2.37. The average Bonchev–Trinajstić information content (AvgIpc) is 2.40. The fourth-order valence-electron chi connectivity index (χ4n) is 2.21. The summed E-state index contributed by atoms with van der Waals surface area (Å²) in [5.41, 5.74) is 1.07. The molecule has 2 aromatic carbocycles. The molecule has 0 bridgehead atoms. The molecule has 1 aliphatic heterocycles. The molecule has 0 aromatic heterocycles. The van der Waals surface area contributed by atoms with Crippen LogP contribution in [0.4, 0.5) is 4.39 Å². The Hall–Kier alpha value is -1.87. The van der Waals surface area contributed by atoms with Crippen LogP contribution in [-0.4, -0.2) is 5.78 Å². The van der Waals surface area contributed by atoms with E-state index in [1.54, 1.807) is 6.07 Å². The second kappa shape index (κ2) is 4.67. The zero-order valence-electron chi connectivity index (χ0n) is 9.90. The van der Waals surface area contributed by atoms with Gasteiger partial charge in [0.25, 0.3) is 0 Å². The van der Waals surface area contributed by atoms with Gasteiger partial charge in [-0.05, 0) is 24.3 Å². The first kappa shape index (κ1) is 12.2. The van der Waals surface area contributed by atoms with E-state index in [4.69, 9.17) is 16.3 Å². The Morgan fingerprint density at radius 3 is 2.79 bits per heavy atom. The van der Waals surface area contributed by atoms with Gasteiger partial charge in [-0.25, -0.2) is 4.39 Å². The smallest absolute Gasteiger partial charge is 0.170 e. The number of hydrogen-bond acceptors (Lipinski definition) is 2. The van der Waals surface area contributed by atoms with E-state index in [1.807, 2.05) is 18.2 Å². The molecule has 1 aliphatic rings. The molecular formula is C15H10ClFO2. The van der Waals surface area contributed by atoms with E-state index in [0.717, 1.165) is 5.56 Å². The van der Waals surface area contributed by atoms with Crippen LogP contribution in [0.2, 0.25) is 5.02 Å². The van der Waals surface area contributed by atoms with Crippen molar-refractivity contribution in [3.63, 3.8) is 0 Å². The van der Waals surface area contributed by atoms with Crippen LogP contribution in [0.15, 0.2) is 42.5 Å². The lowest BCUT2D eigenvalue weighted by molar-refractivity contribution is 0.0849. The van der Waals surface area contributed by atoms with Crippen molar-refractivity contribution in [3.8, 4) is 5.75 Å². The van der Waals surface area contributed by atoms with Crippen molar-refractivity contribution in [3.05, 3.63) is 64.4 Å². The minimum Gasteiger partial charge on any atom is -0.484 e. The predicted octanol–water partition coefficient (Wildman–Crippen LogP) is 4.19. The molecule has 96 valence electrons. The van der Waals surface area contributed by atoms with Crippen LogP contribution < -0.4 is 4.74 Å². The highest BCUT2D eigenvalue weighted by atomic mass is 35.5. The monoisotopic (exact) mass is 276 g/mol. The second-order valence-electron chi connectivity index (χ2n) is 4.40. The van der Waals surface area contributed by atoms with Gasteiger partial charge in [-0.15, -0.1) is 0 Å². The Morgan fingerprint density at radius 2 is 2.00 bits per heavy atom. The minimum atomic E-state index is -0.438. The number of ether oxygens (including phenoxy) is 1. The number of Topliss-reactive ketones (excluding diaryl/α,β-unsaturated/α-hetero) is 1. The molecule has 0 saturated heterocycles. The van der Waals surface area contributed by atoms with Crippen LogP contribution in [0.25, 0.3) is 0 Å². The molecule has 3 rings (SSSR count). The van der Waals surface area contributed by atoms with E-state index in [9.17, 15) is 9.18 Å². The third kappa shape index (κ3) is 2.22. The van der Waals surface area contributed by atoms with Crippen LogP contribution in [0.3, 0.4) is 0 Å². The first-order chi connectivity index (χ1) is 9.15. The number of ketones is 1. The molecule has 1 atom stereocenters. The van der Waals surface area contributed by atoms with Crippen molar-refractivity contribution in [2.75, 3.05) is 0 Å². The van der Waals surface area contributed by atoms with Crippen molar-refractivity contribution >= 4 is 17.4 Å². The summed E-state index contributed by atoms with van der Waals surface area (Å²) in [4.78, 5) is 12.0. The lowest BCUT2D eigenvalue weighted by Gasteiger charge is -2.26. The second-order valence-corrected chi connectivity index (χ2v) is 4.80. The van der Waals surface area contributed by atoms with Crippen LogP contribution in [0.1, 0.15) is 28.4 Å². The molecule has 1 heterocycles. The first-order valence-electron chi connectivity index (χ1n) is 5.89. The Kier molecular flexibility index (Phi) is 2.99. The van der Waals surface area contributed by atoms with E-state index >= 15 is 0 Å². The number of carbonyl (C=O) groups excluding carboxylic acids is 1. The fourth-order valence-corrected chi connectivity index (χ4v) is 2.46. The highest BCUT2D eigenvalue weighted by molar-refractivity contribution is 6.31. The standard InChI is InChI=1S/C15H10ClFO2/c16-12-4-2-1-3-10(12)15-8-13(18)11-7-9(17)5-6-14(11)19-15/h1-7,15H,8H2. The van der Waals surface area contributed by atoms with Gasteiger partial charge in [0.15, 0.2) is 5.78 Å². The molecule has 0 spiro atoms. The first-order valence-corrected chi connectivity index (χ1v) is 6.27. The van der Waals surface area contributed by atoms with Crippen molar-refractivity contribution in [2.45, 2.75) is 12.5 Å². The summed E-state index contributed by atoms with van der Waals surface area (Å²) in [6.07, 6.45) is -0.251. The van der Waals surface area contributed by atoms with E-state index < -0.39 is 11.9 Å². The SMILES string of the molecule is O=C1CC(c2ccccc2Cl)Oc2ccc(F)cc21. The normalized spacial score (nSPS) is 17.8. The van der Waals surface area contributed by atoms with E-state index in [1.165, 1.54) is 18.2 Å². The van der Waals surface area contributed by atoms with Crippen LogP contribution in [-0.2, 0) is 0 Å². The van der Waals surface area contributed by atoms with Crippen LogP contribution in [0.5, 0.6) is 5.75 Å². The van der Waals surface area contributed by atoms with E-state index in [2.05, 4.69) is 0 Å². The van der Waals surface area contributed by atoms with Gasteiger partial charge >= 0.3 is 0 Å². The third-order valence-corrected chi connectivity index (χ3v) is 3.48.